The van der Waals surface area contributed by atoms with E-state index in [1.807, 2.05) is 117 Å². The van der Waals surface area contributed by atoms with Crippen molar-refractivity contribution < 1.29 is 18.9 Å². The van der Waals surface area contributed by atoms with Crippen molar-refractivity contribution in [3.8, 4) is 23.0 Å². The number of aromatic nitrogens is 1. The summed E-state index contributed by atoms with van der Waals surface area (Å²) in [7, 11) is 6.62. The molecule has 0 fully saturated rings. The van der Waals surface area contributed by atoms with Crippen LogP contribution in [0.2, 0.25) is 0 Å². The SMILES string of the molecule is COc1ccc(C(=Nc2ccc(OC)cc2C)c2cccc(C(=Nc3ccc(OC)cc3C)c3ccc(OC)cc3)n2)cc1. The van der Waals surface area contributed by atoms with Crippen LogP contribution in [0, 0.1) is 13.8 Å². The summed E-state index contributed by atoms with van der Waals surface area (Å²) in [4.78, 5) is 15.4. The molecule has 0 radical (unpaired) electrons. The van der Waals surface area contributed by atoms with Crippen molar-refractivity contribution in [2.24, 2.45) is 9.98 Å². The molecule has 0 aliphatic rings. The van der Waals surface area contributed by atoms with Crippen molar-refractivity contribution in [1.29, 1.82) is 0 Å². The van der Waals surface area contributed by atoms with Crippen molar-refractivity contribution in [3.05, 3.63) is 137 Å². The first-order chi connectivity index (χ1) is 21.4. The molecule has 0 saturated carbocycles. The van der Waals surface area contributed by atoms with Crippen molar-refractivity contribution in [3.63, 3.8) is 0 Å². The highest BCUT2D eigenvalue weighted by molar-refractivity contribution is 6.16. The topological polar surface area (TPSA) is 74.5 Å². The Morgan fingerprint density at radius 2 is 0.841 bits per heavy atom. The molecule has 44 heavy (non-hydrogen) atoms. The van der Waals surface area contributed by atoms with E-state index in [9.17, 15) is 0 Å². The van der Waals surface area contributed by atoms with Crippen LogP contribution in [-0.2, 0) is 0 Å². The Bertz CT molecular complexity index is 1680. The van der Waals surface area contributed by atoms with Gasteiger partial charge in [0.1, 0.15) is 23.0 Å². The highest BCUT2D eigenvalue weighted by Gasteiger charge is 2.16. The van der Waals surface area contributed by atoms with Gasteiger partial charge in [-0.05, 0) is 122 Å². The monoisotopic (exact) mass is 585 g/mol. The van der Waals surface area contributed by atoms with Gasteiger partial charge in [0, 0.05) is 11.1 Å². The first kappa shape index (κ1) is 30.0. The van der Waals surface area contributed by atoms with Crippen molar-refractivity contribution in [2.45, 2.75) is 13.8 Å². The quantitative estimate of drug-likeness (QED) is 0.155. The van der Waals surface area contributed by atoms with Crippen LogP contribution >= 0.6 is 0 Å². The summed E-state index contributed by atoms with van der Waals surface area (Å²) in [5.74, 6) is 3.09. The third kappa shape index (κ3) is 6.79. The van der Waals surface area contributed by atoms with E-state index in [1.54, 1.807) is 28.4 Å². The van der Waals surface area contributed by atoms with Gasteiger partial charge >= 0.3 is 0 Å². The van der Waals surface area contributed by atoms with Crippen molar-refractivity contribution in [1.82, 2.24) is 4.98 Å². The summed E-state index contributed by atoms with van der Waals surface area (Å²) in [5.41, 5.74) is 8.27. The highest BCUT2D eigenvalue weighted by Crippen LogP contribution is 2.28. The Labute approximate surface area is 258 Å². The summed E-state index contributed by atoms with van der Waals surface area (Å²) < 4.78 is 21.7. The Morgan fingerprint density at radius 1 is 0.477 bits per heavy atom. The summed E-state index contributed by atoms with van der Waals surface area (Å²) in [5, 5.41) is 0. The molecule has 1 heterocycles. The van der Waals surface area contributed by atoms with Gasteiger partial charge in [-0.25, -0.2) is 15.0 Å². The molecule has 0 N–H and O–H groups in total. The number of benzene rings is 4. The van der Waals surface area contributed by atoms with E-state index < -0.39 is 0 Å². The number of aryl methyl sites for hydroxylation is 2. The van der Waals surface area contributed by atoms with Crippen molar-refractivity contribution >= 4 is 22.8 Å². The van der Waals surface area contributed by atoms with Crippen LogP contribution in [0.5, 0.6) is 23.0 Å². The zero-order valence-electron chi connectivity index (χ0n) is 25.8. The maximum Gasteiger partial charge on any atom is 0.119 e. The fourth-order valence-corrected chi connectivity index (χ4v) is 4.74. The molecule has 5 aromatic rings. The standard InChI is InChI=1S/C37H35N3O4/c1-24-22-30(43-5)18-20-32(24)39-36(26-10-14-28(41-3)15-11-26)34-8-7-9-35(38-34)37(27-12-16-29(42-4)17-13-27)40-33-21-19-31(44-6)23-25(33)2/h7-23H,1-6H3. The van der Waals surface area contributed by atoms with Crippen LogP contribution in [-0.4, -0.2) is 44.8 Å². The maximum atomic E-state index is 5.42. The Hall–Kier alpha value is -5.43. The molecule has 0 bridgehead atoms. The minimum atomic E-state index is 0.704. The van der Waals surface area contributed by atoms with Crippen LogP contribution in [0.25, 0.3) is 0 Å². The van der Waals surface area contributed by atoms with E-state index in [0.717, 1.165) is 68.0 Å². The fourth-order valence-electron chi connectivity index (χ4n) is 4.74. The number of rotatable bonds is 10. The van der Waals surface area contributed by atoms with Gasteiger partial charge < -0.3 is 18.9 Å². The number of nitrogens with zero attached hydrogens (tertiary/aromatic N) is 3. The lowest BCUT2D eigenvalue weighted by molar-refractivity contribution is 0.414. The number of methoxy groups -OCH3 is 4. The molecule has 0 saturated heterocycles. The third-order valence-electron chi connectivity index (χ3n) is 7.23. The summed E-state index contributed by atoms with van der Waals surface area (Å²) in [6.07, 6.45) is 0. The summed E-state index contributed by atoms with van der Waals surface area (Å²) in [6.45, 7) is 4.03. The number of pyridine rings is 1. The Balaban J connectivity index is 1.68. The molecule has 5 rings (SSSR count). The number of hydrogen-bond acceptors (Lipinski definition) is 7. The third-order valence-corrected chi connectivity index (χ3v) is 7.23. The highest BCUT2D eigenvalue weighted by atomic mass is 16.5. The van der Waals surface area contributed by atoms with Crippen molar-refractivity contribution in [2.75, 3.05) is 28.4 Å². The van der Waals surface area contributed by atoms with Gasteiger partial charge in [0.25, 0.3) is 0 Å². The van der Waals surface area contributed by atoms with Crippen LogP contribution in [0.3, 0.4) is 0 Å². The zero-order chi connectivity index (χ0) is 31.1. The average Bonchev–Trinajstić information content (AvgIpc) is 3.07. The van der Waals surface area contributed by atoms with Gasteiger partial charge in [-0.15, -0.1) is 0 Å². The van der Waals surface area contributed by atoms with E-state index in [0.29, 0.717) is 11.4 Å². The number of ether oxygens (including phenoxy) is 4. The molecule has 7 heteroatoms. The molecular formula is C37H35N3O4. The zero-order valence-corrected chi connectivity index (χ0v) is 25.8. The maximum absolute atomic E-state index is 5.42. The largest absolute Gasteiger partial charge is 0.497 e. The van der Waals surface area contributed by atoms with E-state index in [4.69, 9.17) is 33.9 Å². The van der Waals surface area contributed by atoms with Gasteiger partial charge in [0.05, 0.1) is 62.6 Å². The van der Waals surface area contributed by atoms with Gasteiger partial charge in [-0.2, -0.15) is 0 Å². The Morgan fingerprint density at radius 3 is 1.18 bits per heavy atom. The van der Waals surface area contributed by atoms with Gasteiger partial charge in [0.2, 0.25) is 0 Å². The molecule has 0 aliphatic heterocycles. The fraction of sp³-hybridized carbons (Fsp3) is 0.162. The molecule has 0 aliphatic carbocycles. The number of hydrogen-bond donors (Lipinski definition) is 0. The van der Waals surface area contributed by atoms with Gasteiger partial charge in [0.15, 0.2) is 0 Å². The average molecular weight is 586 g/mol. The summed E-state index contributed by atoms with van der Waals surface area (Å²) >= 11 is 0. The van der Waals surface area contributed by atoms with Gasteiger partial charge in [-0.1, -0.05) is 6.07 Å². The van der Waals surface area contributed by atoms with E-state index >= 15 is 0 Å². The van der Waals surface area contributed by atoms with Crippen LogP contribution in [0.4, 0.5) is 11.4 Å². The second-order valence-electron chi connectivity index (χ2n) is 10.1. The lowest BCUT2D eigenvalue weighted by Crippen LogP contribution is -2.12. The van der Waals surface area contributed by atoms with Crippen LogP contribution in [0.15, 0.2) is 113 Å². The lowest BCUT2D eigenvalue weighted by atomic mass is 10.0. The van der Waals surface area contributed by atoms with E-state index in [-0.39, 0.29) is 0 Å². The molecule has 1 aromatic heterocycles. The molecule has 7 nitrogen and oxygen atoms in total. The predicted octanol–water partition coefficient (Wildman–Crippen LogP) is 8.07. The first-order valence-electron chi connectivity index (χ1n) is 14.2. The second kappa shape index (κ2) is 13.7. The molecule has 222 valence electrons. The number of aliphatic imine (C=N–C) groups is 2. The van der Waals surface area contributed by atoms with Crippen LogP contribution in [0.1, 0.15) is 33.6 Å². The lowest BCUT2D eigenvalue weighted by Gasteiger charge is -2.13. The van der Waals surface area contributed by atoms with Crippen LogP contribution < -0.4 is 18.9 Å². The molecule has 0 spiro atoms. The minimum Gasteiger partial charge on any atom is -0.497 e. The smallest absolute Gasteiger partial charge is 0.119 e. The second-order valence-corrected chi connectivity index (χ2v) is 10.1. The molecule has 0 atom stereocenters. The minimum absolute atomic E-state index is 0.704. The molecule has 4 aromatic carbocycles. The predicted molar refractivity (Wildman–Crippen MR) is 176 cm³/mol. The molecule has 0 amide bonds. The molecule has 0 unspecified atom stereocenters. The normalized spacial score (nSPS) is 11.7. The first-order valence-corrected chi connectivity index (χ1v) is 14.2. The van der Waals surface area contributed by atoms with E-state index in [2.05, 4.69) is 0 Å². The molecular weight excluding hydrogens is 550 g/mol. The van der Waals surface area contributed by atoms with Gasteiger partial charge in [-0.3, -0.25) is 0 Å². The summed E-state index contributed by atoms with van der Waals surface area (Å²) in [6, 6.07) is 33.2. The Kier molecular flexibility index (Phi) is 9.35. The van der Waals surface area contributed by atoms with E-state index in [1.165, 1.54) is 0 Å².